The van der Waals surface area contributed by atoms with E-state index in [1.54, 1.807) is 0 Å². The first-order chi connectivity index (χ1) is 28.6. The van der Waals surface area contributed by atoms with Gasteiger partial charge in [-0.15, -0.1) is 0 Å². The molecule has 1 aliphatic heterocycles. The minimum absolute atomic E-state index is 0.0432. The van der Waals surface area contributed by atoms with Crippen LogP contribution in [0.3, 0.4) is 0 Å². The Labute approximate surface area is 360 Å². The second-order valence-electron chi connectivity index (χ2n) is 17.1. The van der Waals surface area contributed by atoms with Gasteiger partial charge in [-0.3, -0.25) is 9.35 Å². The molecule has 352 valence electrons. The Kier molecular flexibility index (Phi) is 36.9. The van der Waals surface area contributed by atoms with E-state index in [2.05, 4.69) is 18.0 Å². The lowest BCUT2D eigenvalue weighted by Crippen LogP contribution is -2.60. The number of hydrogen-bond acceptors (Lipinski definition) is 11. The predicted octanol–water partition coefficient (Wildman–Crippen LogP) is 10.5. The molecular weight excluding hydrogens is 777 g/mol. The van der Waals surface area contributed by atoms with Crippen LogP contribution in [0.15, 0.2) is 0 Å². The molecular formula is C46H90O12S. The third-order valence-corrected chi connectivity index (χ3v) is 11.9. The van der Waals surface area contributed by atoms with Gasteiger partial charge < -0.3 is 34.3 Å². The van der Waals surface area contributed by atoms with Crippen LogP contribution in [0.1, 0.15) is 226 Å². The van der Waals surface area contributed by atoms with E-state index in [0.29, 0.717) is 13.0 Å². The standard InChI is InChI=1S/C46H90O12S/c1-3-5-7-9-11-12-13-14-15-16-17-18-19-20-21-22-23-24-25-26-27-28-29-30-32-34-36-54-38-40(56-42(48)35-33-31-10-8-6-4-2)39-55-46-44(50)45(58-59(51,52)53)43(49)41(37-47)57-46/h40-41,43-47,49-50H,3-39H2,1-2H3,(H,51,52,53). The number of aliphatic hydroxyl groups is 3. The van der Waals surface area contributed by atoms with Gasteiger partial charge in [0.2, 0.25) is 0 Å². The summed E-state index contributed by atoms with van der Waals surface area (Å²) in [7, 11) is -5.05. The zero-order valence-electron chi connectivity index (χ0n) is 37.6. The lowest BCUT2D eigenvalue weighted by molar-refractivity contribution is -0.301. The first kappa shape index (κ1) is 56.1. The fraction of sp³-hybridized carbons (Fsp3) is 0.978. The number of esters is 1. The van der Waals surface area contributed by atoms with E-state index < -0.39 is 59.8 Å². The first-order valence-corrected chi connectivity index (χ1v) is 25.7. The summed E-state index contributed by atoms with van der Waals surface area (Å²) in [6.45, 7) is 3.95. The molecule has 1 saturated heterocycles. The molecule has 0 spiro atoms. The molecule has 0 bridgehead atoms. The van der Waals surface area contributed by atoms with Crippen LogP contribution in [-0.4, -0.2) is 97.5 Å². The van der Waals surface area contributed by atoms with Crippen LogP contribution >= 0.6 is 0 Å². The first-order valence-electron chi connectivity index (χ1n) is 24.3. The highest BCUT2D eigenvalue weighted by Gasteiger charge is 2.48. The maximum Gasteiger partial charge on any atom is 0.397 e. The molecule has 13 heteroatoms. The van der Waals surface area contributed by atoms with Gasteiger partial charge in [-0.1, -0.05) is 206 Å². The molecule has 12 nitrogen and oxygen atoms in total. The number of carbonyl (C=O) groups is 1. The van der Waals surface area contributed by atoms with Crippen LogP contribution in [0.25, 0.3) is 0 Å². The van der Waals surface area contributed by atoms with E-state index in [9.17, 15) is 28.5 Å². The van der Waals surface area contributed by atoms with E-state index in [1.807, 2.05) is 0 Å². The molecule has 59 heavy (non-hydrogen) atoms. The fourth-order valence-electron chi connectivity index (χ4n) is 7.79. The topological polar surface area (TPSA) is 178 Å². The maximum atomic E-state index is 12.7. The molecule has 0 radical (unpaired) electrons. The van der Waals surface area contributed by atoms with Crippen LogP contribution in [0, 0.1) is 0 Å². The SMILES string of the molecule is CCCCCCCCCCCCCCCCCCCCCCCCCCCCOCC(COC1OC(CO)C(O)C(OS(=O)(=O)O)C1O)OC(=O)CCCCCCCC. The van der Waals surface area contributed by atoms with E-state index in [-0.39, 0.29) is 19.6 Å². The average molecular weight is 867 g/mol. The summed E-state index contributed by atoms with van der Waals surface area (Å²) < 4.78 is 58.8. The normalized spacial score (nSPS) is 20.3. The van der Waals surface area contributed by atoms with Crippen LogP contribution in [0.4, 0.5) is 0 Å². The molecule has 1 rings (SSSR count). The van der Waals surface area contributed by atoms with Gasteiger partial charge in [0.05, 0.1) is 19.8 Å². The van der Waals surface area contributed by atoms with Crippen molar-refractivity contribution in [2.75, 3.05) is 26.4 Å². The van der Waals surface area contributed by atoms with Gasteiger partial charge in [0.1, 0.15) is 30.5 Å². The van der Waals surface area contributed by atoms with Crippen molar-refractivity contribution in [1.29, 1.82) is 0 Å². The van der Waals surface area contributed by atoms with Crippen LogP contribution in [0.2, 0.25) is 0 Å². The Morgan fingerprint density at radius 1 is 0.576 bits per heavy atom. The summed E-state index contributed by atoms with van der Waals surface area (Å²) in [5, 5.41) is 30.5. The third-order valence-electron chi connectivity index (χ3n) is 11.5. The van der Waals surface area contributed by atoms with E-state index in [4.69, 9.17) is 23.5 Å². The van der Waals surface area contributed by atoms with E-state index in [1.165, 1.54) is 154 Å². The van der Waals surface area contributed by atoms with Crippen LogP contribution in [0.5, 0.6) is 0 Å². The number of ether oxygens (including phenoxy) is 4. The van der Waals surface area contributed by atoms with Crippen molar-refractivity contribution in [2.24, 2.45) is 0 Å². The van der Waals surface area contributed by atoms with Crippen LogP contribution in [-0.2, 0) is 38.3 Å². The van der Waals surface area contributed by atoms with Gasteiger partial charge in [-0.25, -0.2) is 4.18 Å². The molecule has 0 saturated carbocycles. The fourth-order valence-corrected chi connectivity index (χ4v) is 8.30. The lowest BCUT2D eigenvalue weighted by Gasteiger charge is -2.41. The zero-order chi connectivity index (χ0) is 43.2. The van der Waals surface area contributed by atoms with Gasteiger partial charge in [-0.2, -0.15) is 8.42 Å². The number of aliphatic hydroxyl groups excluding tert-OH is 3. The summed E-state index contributed by atoms with van der Waals surface area (Å²) in [6.07, 6.45) is 32.1. The molecule has 0 aromatic heterocycles. The minimum atomic E-state index is -5.05. The van der Waals surface area contributed by atoms with Crippen molar-refractivity contribution in [3.05, 3.63) is 0 Å². The summed E-state index contributed by atoms with van der Waals surface area (Å²) in [6, 6.07) is 0. The van der Waals surface area contributed by atoms with Crippen LogP contribution < -0.4 is 0 Å². The molecule has 1 aliphatic rings. The van der Waals surface area contributed by atoms with Crippen molar-refractivity contribution < 1.29 is 56.2 Å². The summed E-state index contributed by atoms with van der Waals surface area (Å²) in [5.41, 5.74) is 0. The second-order valence-corrected chi connectivity index (χ2v) is 18.1. The highest BCUT2D eigenvalue weighted by Crippen LogP contribution is 2.26. The van der Waals surface area contributed by atoms with Crippen molar-refractivity contribution in [3.63, 3.8) is 0 Å². The van der Waals surface area contributed by atoms with Crippen molar-refractivity contribution >= 4 is 16.4 Å². The minimum Gasteiger partial charge on any atom is -0.457 e. The molecule has 6 unspecified atom stereocenters. The molecule has 6 atom stereocenters. The van der Waals surface area contributed by atoms with Gasteiger partial charge in [0, 0.05) is 13.0 Å². The Morgan fingerprint density at radius 2 is 0.966 bits per heavy atom. The average Bonchev–Trinajstić information content (AvgIpc) is 3.21. The Bertz CT molecular complexity index is 1050. The molecule has 0 aromatic carbocycles. The summed E-state index contributed by atoms with van der Waals surface area (Å²) in [5.74, 6) is -0.403. The zero-order valence-corrected chi connectivity index (χ0v) is 38.4. The highest BCUT2D eigenvalue weighted by atomic mass is 32.3. The second kappa shape index (κ2) is 38.7. The Morgan fingerprint density at radius 3 is 1.36 bits per heavy atom. The number of rotatable bonds is 43. The van der Waals surface area contributed by atoms with Gasteiger partial charge in [-0.05, 0) is 12.8 Å². The third kappa shape index (κ3) is 32.4. The quantitative estimate of drug-likeness (QED) is 0.0259. The summed E-state index contributed by atoms with van der Waals surface area (Å²) in [4.78, 5) is 12.7. The smallest absolute Gasteiger partial charge is 0.397 e. The number of unbranched alkanes of at least 4 members (excludes halogenated alkanes) is 30. The van der Waals surface area contributed by atoms with Crippen molar-refractivity contribution in [1.82, 2.24) is 0 Å². The van der Waals surface area contributed by atoms with E-state index >= 15 is 0 Å². The number of hydrogen-bond donors (Lipinski definition) is 4. The van der Waals surface area contributed by atoms with E-state index in [0.717, 1.165) is 44.9 Å². The number of carbonyl (C=O) groups excluding carboxylic acids is 1. The van der Waals surface area contributed by atoms with Gasteiger partial charge >= 0.3 is 16.4 Å². The maximum absolute atomic E-state index is 12.7. The van der Waals surface area contributed by atoms with Crippen molar-refractivity contribution in [3.8, 4) is 0 Å². The molecule has 0 amide bonds. The van der Waals surface area contributed by atoms with Gasteiger partial charge in [0.25, 0.3) is 0 Å². The molecule has 0 aromatic rings. The molecule has 4 N–H and O–H groups in total. The van der Waals surface area contributed by atoms with Gasteiger partial charge in [0.15, 0.2) is 6.29 Å². The lowest BCUT2D eigenvalue weighted by atomic mass is 9.99. The largest absolute Gasteiger partial charge is 0.457 e. The monoisotopic (exact) mass is 867 g/mol. The summed E-state index contributed by atoms with van der Waals surface area (Å²) >= 11 is 0. The Hall–Kier alpha value is -0.900. The predicted molar refractivity (Wildman–Crippen MR) is 235 cm³/mol. The molecule has 0 aliphatic carbocycles. The molecule has 1 fully saturated rings. The Balaban J connectivity index is 2.17. The highest BCUT2D eigenvalue weighted by molar-refractivity contribution is 7.80. The van der Waals surface area contributed by atoms with Crippen molar-refractivity contribution in [2.45, 2.75) is 263 Å². The molecule has 1 heterocycles.